The maximum atomic E-state index is 12.0. The molecule has 0 saturated carbocycles. The SMILES string of the molecule is CC.O=C(O)CCCC(=O)NCCCCCCOCCOCCCNC(=O)CCCCC1SCC2NC(=O)NC21. The van der Waals surface area contributed by atoms with Crippen molar-refractivity contribution in [2.75, 3.05) is 45.3 Å². The Hall–Kier alpha value is -2.05. The summed E-state index contributed by atoms with van der Waals surface area (Å²) in [6.07, 6.45) is 8.77. The number of hydrogen-bond donors (Lipinski definition) is 5. The van der Waals surface area contributed by atoms with Crippen LogP contribution in [0.3, 0.4) is 0 Å². The van der Waals surface area contributed by atoms with Gasteiger partial charge in [0.15, 0.2) is 0 Å². The van der Waals surface area contributed by atoms with Gasteiger partial charge in [-0.15, -0.1) is 0 Å². The van der Waals surface area contributed by atoms with E-state index in [-0.39, 0.29) is 42.8 Å². The molecule has 11 nitrogen and oxygen atoms in total. The first kappa shape index (κ1) is 36.0. The highest BCUT2D eigenvalue weighted by Gasteiger charge is 2.42. The summed E-state index contributed by atoms with van der Waals surface area (Å²) in [7, 11) is 0. The Kier molecular flexibility index (Phi) is 21.3. The lowest BCUT2D eigenvalue weighted by molar-refractivity contribution is -0.137. The number of rotatable bonds is 23. The number of thioether (sulfide) groups is 1. The lowest BCUT2D eigenvalue weighted by Gasteiger charge is -2.16. The van der Waals surface area contributed by atoms with Crippen LogP contribution in [0.25, 0.3) is 0 Å². The number of amides is 4. The smallest absolute Gasteiger partial charge is 0.315 e. The van der Waals surface area contributed by atoms with Crippen molar-refractivity contribution in [3.05, 3.63) is 0 Å². The molecule has 0 aromatic rings. The van der Waals surface area contributed by atoms with E-state index >= 15 is 0 Å². The Labute approximate surface area is 244 Å². The van der Waals surface area contributed by atoms with Gasteiger partial charge in [-0.1, -0.05) is 33.1 Å². The van der Waals surface area contributed by atoms with Gasteiger partial charge < -0.3 is 35.8 Å². The zero-order chi connectivity index (χ0) is 29.4. The van der Waals surface area contributed by atoms with Crippen LogP contribution >= 0.6 is 11.8 Å². The number of hydrogen-bond acceptors (Lipinski definition) is 7. The minimum absolute atomic E-state index is 0.0292. The Bertz CT molecular complexity index is 729. The summed E-state index contributed by atoms with van der Waals surface area (Å²) in [4.78, 5) is 45.4. The van der Waals surface area contributed by atoms with Crippen LogP contribution in [0.1, 0.15) is 90.9 Å². The first-order valence-electron chi connectivity index (χ1n) is 15.0. The molecule has 3 atom stereocenters. The van der Waals surface area contributed by atoms with Crippen LogP contribution < -0.4 is 21.3 Å². The van der Waals surface area contributed by atoms with Gasteiger partial charge in [-0.2, -0.15) is 11.8 Å². The molecule has 2 fully saturated rings. The van der Waals surface area contributed by atoms with E-state index in [1.807, 2.05) is 25.6 Å². The summed E-state index contributed by atoms with van der Waals surface area (Å²) in [5.41, 5.74) is 0. The molecule has 40 heavy (non-hydrogen) atoms. The molecule has 2 heterocycles. The van der Waals surface area contributed by atoms with Gasteiger partial charge in [-0.25, -0.2) is 4.79 Å². The van der Waals surface area contributed by atoms with E-state index in [1.165, 1.54) is 0 Å². The normalized spacial score (nSPS) is 19.1. The van der Waals surface area contributed by atoms with Gasteiger partial charge in [0, 0.05) is 56.6 Å². The minimum Gasteiger partial charge on any atom is -0.481 e. The predicted molar refractivity (Wildman–Crippen MR) is 158 cm³/mol. The third-order valence-corrected chi connectivity index (χ3v) is 8.08. The van der Waals surface area contributed by atoms with Gasteiger partial charge in [-0.05, 0) is 38.5 Å². The minimum atomic E-state index is -0.872. The van der Waals surface area contributed by atoms with E-state index in [0.717, 1.165) is 57.1 Å². The molecular formula is C28H52N4O7S. The number of ether oxygens (including phenoxy) is 2. The molecule has 4 amide bonds. The summed E-state index contributed by atoms with van der Waals surface area (Å²) < 4.78 is 11.1. The second kappa shape index (κ2) is 23.6. The monoisotopic (exact) mass is 588 g/mol. The van der Waals surface area contributed by atoms with E-state index in [1.54, 1.807) is 0 Å². The number of fused-ring (bicyclic) bond motifs is 1. The number of carboxylic acid groups (broad SMARTS) is 1. The number of carboxylic acids is 1. The molecule has 5 N–H and O–H groups in total. The van der Waals surface area contributed by atoms with Crippen LogP contribution in [0.15, 0.2) is 0 Å². The van der Waals surface area contributed by atoms with Gasteiger partial charge in [0.2, 0.25) is 11.8 Å². The Balaban J connectivity index is 0.00000391. The second-order valence-electron chi connectivity index (χ2n) is 9.81. The largest absolute Gasteiger partial charge is 0.481 e. The fraction of sp³-hybridized carbons (Fsp3) is 0.857. The summed E-state index contributed by atoms with van der Waals surface area (Å²) in [6, 6.07) is 0.428. The van der Waals surface area contributed by atoms with Crippen molar-refractivity contribution in [1.29, 1.82) is 0 Å². The molecule has 3 unspecified atom stereocenters. The van der Waals surface area contributed by atoms with E-state index < -0.39 is 5.97 Å². The Morgan fingerprint density at radius 3 is 2.12 bits per heavy atom. The maximum Gasteiger partial charge on any atom is 0.315 e. The summed E-state index contributed by atoms with van der Waals surface area (Å²) in [6.45, 7) is 7.61. The van der Waals surface area contributed by atoms with Crippen molar-refractivity contribution >= 4 is 35.6 Å². The van der Waals surface area contributed by atoms with Crippen LogP contribution in [-0.2, 0) is 23.9 Å². The number of carbonyl (C=O) groups is 4. The van der Waals surface area contributed by atoms with Crippen molar-refractivity contribution in [3.63, 3.8) is 0 Å². The molecule has 232 valence electrons. The van der Waals surface area contributed by atoms with Gasteiger partial charge in [0.25, 0.3) is 0 Å². The summed E-state index contributed by atoms with van der Waals surface area (Å²) >= 11 is 1.91. The summed E-state index contributed by atoms with van der Waals surface area (Å²) in [5, 5.41) is 20.7. The molecule has 0 bridgehead atoms. The molecule has 2 aliphatic heterocycles. The van der Waals surface area contributed by atoms with E-state index in [9.17, 15) is 19.2 Å². The average Bonchev–Trinajstić information content (AvgIpc) is 3.49. The standard InChI is InChI=1S/C26H46N4O7S.C2H6/c31-22(10-4-3-9-21-25-20(19-38-21)29-26(35)30-25)28-14-8-16-37-18-17-36-15-6-2-1-5-13-27-23(32)11-7-12-24(33)34;1-2/h20-21,25H,1-19H2,(H,27,32)(H,28,31)(H,33,34)(H2,29,30,35);1-2H3. The van der Waals surface area contributed by atoms with E-state index in [0.29, 0.717) is 57.6 Å². The first-order chi connectivity index (χ1) is 19.5. The van der Waals surface area contributed by atoms with Gasteiger partial charge in [0.1, 0.15) is 0 Å². The molecule has 0 spiro atoms. The molecular weight excluding hydrogens is 536 g/mol. The average molecular weight is 589 g/mol. The number of nitrogens with one attached hydrogen (secondary N) is 4. The predicted octanol–water partition coefficient (Wildman–Crippen LogP) is 3.21. The van der Waals surface area contributed by atoms with Crippen molar-refractivity contribution in [2.45, 2.75) is 108 Å². The van der Waals surface area contributed by atoms with Gasteiger partial charge >= 0.3 is 12.0 Å². The quantitative estimate of drug-likeness (QED) is 0.0900. The lowest BCUT2D eigenvalue weighted by Crippen LogP contribution is -2.36. The number of urea groups is 1. The molecule has 2 saturated heterocycles. The van der Waals surface area contributed by atoms with Crippen LogP contribution in [0.2, 0.25) is 0 Å². The third-order valence-electron chi connectivity index (χ3n) is 6.57. The van der Waals surface area contributed by atoms with Crippen LogP contribution in [0, 0.1) is 0 Å². The van der Waals surface area contributed by atoms with Gasteiger partial charge in [-0.3, -0.25) is 14.4 Å². The number of unbranched alkanes of at least 4 members (excludes halogenated alkanes) is 4. The molecule has 0 aliphatic carbocycles. The van der Waals surface area contributed by atoms with Crippen molar-refractivity contribution in [3.8, 4) is 0 Å². The molecule has 0 aromatic heterocycles. The van der Waals surface area contributed by atoms with Crippen LogP contribution in [0.4, 0.5) is 4.79 Å². The highest BCUT2D eigenvalue weighted by molar-refractivity contribution is 8.00. The molecule has 2 aliphatic rings. The fourth-order valence-corrected chi connectivity index (χ4v) is 6.03. The lowest BCUT2D eigenvalue weighted by atomic mass is 10.0. The molecule has 0 radical (unpaired) electrons. The zero-order valence-corrected chi connectivity index (χ0v) is 25.3. The van der Waals surface area contributed by atoms with Crippen molar-refractivity contribution < 1.29 is 33.8 Å². The molecule has 2 rings (SSSR count). The molecule has 0 aromatic carbocycles. The third kappa shape index (κ3) is 17.6. The fourth-order valence-electron chi connectivity index (χ4n) is 4.49. The first-order valence-corrected chi connectivity index (χ1v) is 16.1. The second-order valence-corrected chi connectivity index (χ2v) is 11.1. The van der Waals surface area contributed by atoms with Crippen molar-refractivity contribution in [2.24, 2.45) is 0 Å². The Morgan fingerprint density at radius 2 is 1.43 bits per heavy atom. The van der Waals surface area contributed by atoms with Crippen LogP contribution in [-0.4, -0.2) is 91.5 Å². The topological polar surface area (TPSA) is 155 Å². The maximum absolute atomic E-state index is 12.0. The highest BCUT2D eigenvalue weighted by atomic mass is 32.2. The molecule has 12 heteroatoms. The highest BCUT2D eigenvalue weighted by Crippen LogP contribution is 2.33. The number of carbonyl (C=O) groups excluding carboxylic acids is 3. The Morgan fingerprint density at radius 1 is 0.800 bits per heavy atom. The van der Waals surface area contributed by atoms with E-state index in [4.69, 9.17) is 14.6 Å². The van der Waals surface area contributed by atoms with Crippen LogP contribution in [0.5, 0.6) is 0 Å². The van der Waals surface area contributed by atoms with Crippen molar-refractivity contribution in [1.82, 2.24) is 21.3 Å². The van der Waals surface area contributed by atoms with E-state index in [2.05, 4.69) is 21.3 Å². The number of aliphatic carboxylic acids is 1. The zero-order valence-electron chi connectivity index (χ0n) is 24.5. The summed E-state index contributed by atoms with van der Waals surface area (Å²) in [5.74, 6) is 0.0934. The van der Waals surface area contributed by atoms with Gasteiger partial charge in [0.05, 0.1) is 25.3 Å².